The van der Waals surface area contributed by atoms with Crippen LogP contribution in [0.5, 0.6) is 0 Å². The van der Waals surface area contributed by atoms with Gasteiger partial charge in [-0.25, -0.2) is 4.98 Å². The molecule has 114 valence electrons. The van der Waals surface area contributed by atoms with Gasteiger partial charge in [-0.15, -0.1) is 0 Å². The first-order valence-electron chi connectivity index (χ1n) is 7.54. The van der Waals surface area contributed by atoms with Crippen LogP contribution in [-0.2, 0) is 6.54 Å². The monoisotopic (exact) mass is 295 g/mol. The molecule has 2 aromatic heterocycles. The Morgan fingerprint density at radius 3 is 2.55 bits per heavy atom. The van der Waals surface area contributed by atoms with Gasteiger partial charge in [-0.2, -0.15) is 0 Å². The topological polar surface area (TPSA) is 64.1 Å². The highest BCUT2D eigenvalue weighted by Gasteiger charge is 2.17. The molecule has 0 aliphatic rings. The van der Waals surface area contributed by atoms with Gasteiger partial charge in [-0.3, -0.25) is 0 Å². The molecule has 4 heteroatoms. The maximum atomic E-state index is 9.15. The molecule has 4 nitrogen and oxygen atoms in total. The molecule has 22 heavy (non-hydrogen) atoms. The number of nitrogens with two attached hydrogens (primary N) is 1. The molecule has 0 atom stereocenters. The van der Waals surface area contributed by atoms with Crippen LogP contribution in [0.1, 0.15) is 17.7 Å². The Morgan fingerprint density at radius 1 is 1.14 bits per heavy atom. The Hall–Kier alpha value is -2.33. The van der Waals surface area contributed by atoms with Crippen molar-refractivity contribution in [1.29, 1.82) is 0 Å². The molecule has 0 aliphatic carbocycles. The Balaban J connectivity index is 2.28. The molecular weight excluding hydrogens is 274 g/mol. The van der Waals surface area contributed by atoms with Crippen molar-refractivity contribution in [3.63, 3.8) is 0 Å². The molecule has 0 fully saturated rings. The molecule has 0 unspecified atom stereocenters. The Morgan fingerprint density at radius 2 is 1.86 bits per heavy atom. The predicted octanol–water partition coefficient (Wildman–Crippen LogP) is 3.28. The van der Waals surface area contributed by atoms with Crippen molar-refractivity contribution < 1.29 is 5.11 Å². The highest BCUT2D eigenvalue weighted by Crippen LogP contribution is 2.37. The first kappa shape index (κ1) is 14.6. The van der Waals surface area contributed by atoms with E-state index in [9.17, 15) is 0 Å². The van der Waals surface area contributed by atoms with Crippen LogP contribution in [0.15, 0.2) is 36.5 Å². The largest absolute Gasteiger partial charge is 0.396 e. The van der Waals surface area contributed by atoms with Gasteiger partial charge in [0, 0.05) is 36.0 Å². The van der Waals surface area contributed by atoms with Gasteiger partial charge in [0.05, 0.1) is 5.52 Å². The number of nitrogen functional groups attached to an aromatic ring is 1. The molecule has 0 amide bonds. The third-order valence-corrected chi connectivity index (χ3v) is 4.15. The summed E-state index contributed by atoms with van der Waals surface area (Å²) in [5, 5.41) is 10.2. The smallest absolute Gasteiger partial charge is 0.133 e. The van der Waals surface area contributed by atoms with E-state index in [1.165, 1.54) is 5.56 Å². The van der Waals surface area contributed by atoms with E-state index in [0.717, 1.165) is 40.7 Å². The number of pyridine rings is 1. The third kappa shape index (κ3) is 2.35. The van der Waals surface area contributed by atoms with Gasteiger partial charge in [0.2, 0.25) is 0 Å². The fourth-order valence-electron chi connectivity index (χ4n) is 3.04. The van der Waals surface area contributed by atoms with Crippen LogP contribution in [0.2, 0.25) is 0 Å². The summed E-state index contributed by atoms with van der Waals surface area (Å²) in [7, 11) is 0. The zero-order valence-corrected chi connectivity index (χ0v) is 13.0. The van der Waals surface area contributed by atoms with E-state index < -0.39 is 0 Å². The van der Waals surface area contributed by atoms with Crippen LogP contribution in [0.25, 0.3) is 22.0 Å². The van der Waals surface area contributed by atoms with Gasteiger partial charge >= 0.3 is 0 Å². The Labute approximate surface area is 130 Å². The van der Waals surface area contributed by atoms with E-state index >= 15 is 0 Å². The Kier molecular flexibility index (Phi) is 3.86. The normalized spacial score (nSPS) is 11.2. The molecule has 0 bridgehead atoms. The number of benzene rings is 1. The second-order valence-electron chi connectivity index (χ2n) is 5.65. The third-order valence-electron chi connectivity index (χ3n) is 4.15. The minimum atomic E-state index is 0.180. The zero-order chi connectivity index (χ0) is 15.7. The van der Waals surface area contributed by atoms with Gasteiger partial charge in [-0.05, 0) is 31.9 Å². The maximum Gasteiger partial charge on any atom is 0.133 e. The molecule has 1 aromatic carbocycles. The van der Waals surface area contributed by atoms with Gasteiger partial charge < -0.3 is 15.4 Å². The van der Waals surface area contributed by atoms with Gasteiger partial charge in [-0.1, -0.05) is 29.8 Å². The van der Waals surface area contributed by atoms with Crippen molar-refractivity contribution in [2.75, 3.05) is 12.3 Å². The number of aromatic nitrogens is 2. The van der Waals surface area contributed by atoms with E-state index in [0.29, 0.717) is 5.82 Å². The lowest BCUT2D eigenvalue weighted by Crippen LogP contribution is -2.02. The Bertz CT molecular complexity index is 803. The summed E-state index contributed by atoms with van der Waals surface area (Å²) in [6.07, 6.45) is 2.46. The van der Waals surface area contributed by atoms with Gasteiger partial charge in [0.1, 0.15) is 5.82 Å². The second kappa shape index (κ2) is 5.81. The van der Waals surface area contributed by atoms with E-state index in [1.807, 2.05) is 6.07 Å². The maximum absolute atomic E-state index is 9.15. The lowest BCUT2D eigenvalue weighted by Gasteiger charge is -2.08. The number of hydrogen-bond donors (Lipinski definition) is 2. The average molecular weight is 295 g/mol. The van der Waals surface area contributed by atoms with Gasteiger partial charge in [0.15, 0.2) is 0 Å². The fourth-order valence-corrected chi connectivity index (χ4v) is 3.04. The number of aliphatic hydroxyl groups excluding tert-OH is 1. The van der Waals surface area contributed by atoms with Crippen molar-refractivity contribution in [2.24, 2.45) is 0 Å². The van der Waals surface area contributed by atoms with Crippen molar-refractivity contribution in [1.82, 2.24) is 9.55 Å². The van der Waals surface area contributed by atoms with Gasteiger partial charge in [0.25, 0.3) is 0 Å². The summed E-state index contributed by atoms with van der Waals surface area (Å²) >= 11 is 0. The molecule has 0 aliphatic heterocycles. The standard InChI is InChI=1S/C18H21N3O/c1-12-4-6-14(7-5-12)16-13(2)21(10-3-11-22)15-8-9-20-18(19)17(15)16/h4-9,22H,3,10-11H2,1-2H3,(H2,19,20). The summed E-state index contributed by atoms with van der Waals surface area (Å²) in [4.78, 5) is 4.26. The molecule has 2 heterocycles. The zero-order valence-electron chi connectivity index (χ0n) is 13.0. The number of hydrogen-bond acceptors (Lipinski definition) is 3. The number of aliphatic hydroxyl groups is 1. The summed E-state index contributed by atoms with van der Waals surface area (Å²) in [5.74, 6) is 0.555. The van der Waals surface area contributed by atoms with E-state index in [1.54, 1.807) is 6.20 Å². The van der Waals surface area contributed by atoms with E-state index in [4.69, 9.17) is 10.8 Å². The number of fused-ring (bicyclic) bond motifs is 1. The number of nitrogens with zero attached hydrogens (tertiary/aromatic N) is 2. The van der Waals surface area contributed by atoms with E-state index in [-0.39, 0.29) is 6.61 Å². The average Bonchev–Trinajstić information content (AvgIpc) is 2.80. The summed E-state index contributed by atoms with van der Waals surface area (Å²) in [6.45, 7) is 5.14. The van der Waals surface area contributed by atoms with Crippen LogP contribution in [0.4, 0.5) is 5.82 Å². The molecular formula is C18H21N3O. The lowest BCUT2D eigenvalue weighted by molar-refractivity contribution is 0.280. The van der Waals surface area contributed by atoms with Crippen molar-refractivity contribution in [2.45, 2.75) is 26.8 Å². The van der Waals surface area contributed by atoms with Crippen molar-refractivity contribution >= 4 is 16.7 Å². The van der Waals surface area contributed by atoms with Crippen LogP contribution in [0, 0.1) is 13.8 Å². The van der Waals surface area contributed by atoms with Crippen molar-refractivity contribution in [3.05, 3.63) is 47.8 Å². The SMILES string of the molecule is Cc1ccc(-c2c(C)n(CCCO)c3ccnc(N)c23)cc1. The van der Waals surface area contributed by atoms with Crippen LogP contribution in [0.3, 0.4) is 0 Å². The first-order valence-corrected chi connectivity index (χ1v) is 7.54. The molecule has 0 radical (unpaired) electrons. The minimum Gasteiger partial charge on any atom is -0.396 e. The molecule has 3 aromatic rings. The van der Waals surface area contributed by atoms with E-state index in [2.05, 4.69) is 47.7 Å². The summed E-state index contributed by atoms with van der Waals surface area (Å²) in [6, 6.07) is 10.5. The summed E-state index contributed by atoms with van der Waals surface area (Å²) in [5.41, 5.74) is 11.9. The molecule has 3 rings (SSSR count). The lowest BCUT2D eigenvalue weighted by atomic mass is 10.0. The highest BCUT2D eigenvalue weighted by molar-refractivity contribution is 6.04. The molecule has 0 saturated heterocycles. The first-order chi connectivity index (χ1) is 10.6. The quantitative estimate of drug-likeness (QED) is 0.776. The van der Waals surface area contributed by atoms with Crippen molar-refractivity contribution in [3.8, 4) is 11.1 Å². The highest BCUT2D eigenvalue weighted by atomic mass is 16.3. The number of rotatable bonds is 4. The van der Waals surface area contributed by atoms with Crippen LogP contribution >= 0.6 is 0 Å². The molecule has 0 saturated carbocycles. The fraction of sp³-hybridized carbons (Fsp3) is 0.278. The van der Waals surface area contributed by atoms with Crippen LogP contribution < -0.4 is 5.73 Å². The predicted molar refractivity (Wildman–Crippen MR) is 90.8 cm³/mol. The minimum absolute atomic E-state index is 0.180. The number of aryl methyl sites for hydroxylation is 2. The summed E-state index contributed by atoms with van der Waals surface area (Å²) < 4.78 is 2.22. The molecule has 3 N–H and O–H groups in total. The molecule has 0 spiro atoms. The number of anilines is 1. The van der Waals surface area contributed by atoms with Crippen LogP contribution in [-0.4, -0.2) is 21.3 Å². The second-order valence-corrected chi connectivity index (χ2v) is 5.65.